The van der Waals surface area contributed by atoms with Gasteiger partial charge in [-0.15, -0.1) is 0 Å². The minimum atomic E-state index is -4.58. The third-order valence-corrected chi connectivity index (χ3v) is 5.61. The number of hydrogen-bond donors (Lipinski definition) is 1. The molecule has 0 saturated carbocycles. The lowest BCUT2D eigenvalue weighted by molar-refractivity contribution is -0.137. The van der Waals surface area contributed by atoms with Gasteiger partial charge in [-0.2, -0.15) is 13.2 Å². The number of nitrogens with zero attached hydrogens (tertiary/aromatic N) is 1. The first-order valence-corrected chi connectivity index (χ1v) is 9.74. The molecule has 1 amide bonds. The zero-order chi connectivity index (χ0) is 19.7. The molecule has 1 heterocycles. The van der Waals surface area contributed by atoms with Gasteiger partial charge in [-0.05, 0) is 49.2 Å². The van der Waals surface area contributed by atoms with Gasteiger partial charge in [0.15, 0.2) is 0 Å². The first kappa shape index (κ1) is 19.2. The van der Waals surface area contributed by atoms with Gasteiger partial charge in [-0.3, -0.25) is 9.52 Å². The molecule has 1 fully saturated rings. The summed E-state index contributed by atoms with van der Waals surface area (Å²) in [5.74, 6) is -0.261. The fourth-order valence-corrected chi connectivity index (χ4v) is 3.97. The molecule has 2 aromatic rings. The van der Waals surface area contributed by atoms with Crippen LogP contribution in [0.5, 0.6) is 0 Å². The Kier molecular flexibility index (Phi) is 5.14. The fraction of sp³-hybridized carbons (Fsp3) is 0.278. The molecule has 5 nitrogen and oxygen atoms in total. The predicted molar refractivity (Wildman–Crippen MR) is 93.8 cm³/mol. The number of nitrogens with one attached hydrogen (secondary N) is 1. The summed E-state index contributed by atoms with van der Waals surface area (Å²) in [6.07, 6.45) is -2.77. The van der Waals surface area contributed by atoms with Crippen LogP contribution in [-0.4, -0.2) is 32.3 Å². The molecule has 9 heteroatoms. The Bertz CT molecular complexity index is 952. The van der Waals surface area contributed by atoms with Crippen LogP contribution in [-0.2, 0) is 16.2 Å². The number of sulfonamides is 1. The smallest absolute Gasteiger partial charge is 0.339 e. The molecule has 1 aliphatic heterocycles. The molecule has 27 heavy (non-hydrogen) atoms. The predicted octanol–water partition coefficient (Wildman–Crippen LogP) is 3.74. The van der Waals surface area contributed by atoms with Crippen LogP contribution in [0.4, 0.5) is 18.9 Å². The van der Waals surface area contributed by atoms with E-state index in [2.05, 4.69) is 4.72 Å². The molecule has 144 valence electrons. The second-order valence-electron chi connectivity index (χ2n) is 6.21. The molecule has 3 rings (SSSR count). The highest BCUT2D eigenvalue weighted by Crippen LogP contribution is 2.31. The number of carbonyl (C=O) groups is 1. The fourth-order valence-electron chi connectivity index (χ4n) is 2.87. The second kappa shape index (κ2) is 7.22. The third kappa shape index (κ3) is 4.41. The van der Waals surface area contributed by atoms with Gasteiger partial charge >= 0.3 is 6.18 Å². The van der Waals surface area contributed by atoms with E-state index in [1.807, 2.05) is 0 Å². The first-order valence-electron chi connectivity index (χ1n) is 8.26. The van der Waals surface area contributed by atoms with Crippen molar-refractivity contribution < 1.29 is 26.4 Å². The van der Waals surface area contributed by atoms with Gasteiger partial charge in [0.1, 0.15) is 0 Å². The van der Waals surface area contributed by atoms with Crippen molar-refractivity contribution in [3.63, 3.8) is 0 Å². The highest BCUT2D eigenvalue weighted by atomic mass is 32.2. The summed E-state index contributed by atoms with van der Waals surface area (Å²) in [6.45, 7) is 1.25. The molecule has 0 bridgehead atoms. The lowest BCUT2D eigenvalue weighted by Gasteiger charge is -2.16. The van der Waals surface area contributed by atoms with E-state index in [0.29, 0.717) is 13.1 Å². The molecule has 0 aliphatic carbocycles. The summed E-state index contributed by atoms with van der Waals surface area (Å²) in [4.78, 5) is 13.9. The van der Waals surface area contributed by atoms with Crippen LogP contribution in [0.1, 0.15) is 28.8 Å². The highest BCUT2D eigenvalue weighted by Gasteiger charge is 2.31. The van der Waals surface area contributed by atoms with E-state index in [4.69, 9.17) is 0 Å². The van der Waals surface area contributed by atoms with Crippen LogP contribution >= 0.6 is 0 Å². The molecular weight excluding hydrogens is 381 g/mol. The van der Waals surface area contributed by atoms with Crippen LogP contribution in [0, 0.1) is 0 Å². The van der Waals surface area contributed by atoms with Crippen LogP contribution in [0.2, 0.25) is 0 Å². The van der Waals surface area contributed by atoms with Gasteiger partial charge in [0.05, 0.1) is 10.5 Å². The van der Waals surface area contributed by atoms with Crippen molar-refractivity contribution in [1.82, 2.24) is 4.90 Å². The summed E-state index contributed by atoms with van der Waals surface area (Å²) in [6, 6.07) is 9.39. The number of carbonyl (C=O) groups excluding carboxylic acids is 1. The van der Waals surface area contributed by atoms with Gasteiger partial charge in [-0.1, -0.05) is 12.1 Å². The van der Waals surface area contributed by atoms with E-state index in [-0.39, 0.29) is 22.1 Å². The Hall–Kier alpha value is -2.55. The second-order valence-corrected chi connectivity index (χ2v) is 7.89. The number of rotatable bonds is 4. The lowest BCUT2D eigenvalue weighted by atomic mass is 10.2. The van der Waals surface area contributed by atoms with Crippen molar-refractivity contribution in [2.45, 2.75) is 23.9 Å². The van der Waals surface area contributed by atoms with Crippen molar-refractivity contribution in [3.8, 4) is 0 Å². The molecule has 0 aromatic heterocycles. The van der Waals surface area contributed by atoms with E-state index >= 15 is 0 Å². The van der Waals surface area contributed by atoms with Crippen molar-refractivity contribution in [2.75, 3.05) is 17.8 Å². The number of likely N-dealkylation sites (tertiary alicyclic amines) is 1. The Morgan fingerprint density at radius 2 is 1.67 bits per heavy atom. The number of anilines is 1. The van der Waals surface area contributed by atoms with Crippen LogP contribution in [0.25, 0.3) is 0 Å². The maximum atomic E-state index is 12.8. The summed E-state index contributed by atoms with van der Waals surface area (Å²) < 4.78 is 65.6. The standard InChI is InChI=1S/C18H17F3N2O3S/c19-18(20,21)14-6-4-7-15(12-14)22-27(25,26)16-8-3-5-13(11-16)17(24)23-9-1-2-10-23/h3-8,11-12,22H,1-2,9-10H2. The summed E-state index contributed by atoms with van der Waals surface area (Å²) in [7, 11) is -4.14. The van der Waals surface area contributed by atoms with Gasteiger partial charge in [-0.25, -0.2) is 8.42 Å². The van der Waals surface area contributed by atoms with Gasteiger partial charge < -0.3 is 4.90 Å². The van der Waals surface area contributed by atoms with Crippen molar-refractivity contribution in [2.24, 2.45) is 0 Å². The van der Waals surface area contributed by atoms with Gasteiger partial charge in [0, 0.05) is 24.3 Å². The number of halogens is 3. The van der Waals surface area contributed by atoms with Gasteiger partial charge in [0.2, 0.25) is 0 Å². The minimum absolute atomic E-state index is 0.190. The van der Waals surface area contributed by atoms with E-state index < -0.39 is 21.8 Å². The average molecular weight is 398 g/mol. The monoisotopic (exact) mass is 398 g/mol. The van der Waals surface area contributed by atoms with E-state index in [1.54, 1.807) is 4.90 Å². The van der Waals surface area contributed by atoms with Gasteiger partial charge in [0.25, 0.3) is 15.9 Å². The molecule has 0 atom stereocenters. The van der Waals surface area contributed by atoms with E-state index in [1.165, 1.54) is 30.3 Å². The first-order chi connectivity index (χ1) is 12.7. The SMILES string of the molecule is O=C(c1cccc(S(=O)(=O)Nc2cccc(C(F)(F)F)c2)c1)N1CCCC1. The zero-order valence-electron chi connectivity index (χ0n) is 14.2. The molecular formula is C18H17F3N2O3S. The average Bonchev–Trinajstić information content (AvgIpc) is 3.15. The number of amides is 1. The number of hydrogen-bond acceptors (Lipinski definition) is 3. The molecule has 1 saturated heterocycles. The molecule has 2 aromatic carbocycles. The Balaban J connectivity index is 1.85. The lowest BCUT2D eigenvalue weighted by Crippen LogP contribution is -2.27. The molecule has 0 unspecified atom stereocenters. The van der Waals surface area contributed by atoms with Crippen molar-refractivity contribution in [3.05, 3.63) is 59.7 Å². The molecule has 0 spiro atoms. The van der Waals surface area contributed by atoms with E-state index in [9.17, 15) is 26.4 Å². The Morgan fingerprint density at radius 1 is 1.00 bits per heavy atom. The van der Waals surface area contributed by atoms with Crippen LogP contribution in [0.15, 0.2) is 53.4 Å². The van der Waals surface area contributed by atoms with Crippen LogP contribution < -0.4 is 4.72 Å². The normalized spacial score (nSPS) is 15.0. The van der Waals surface area contributed by atoms with E-state index in [0.717, 1.165) is 31.0 Å². The van der Waals surface area contributed by atoms with Crippen molar-refractivity contribution in [1.29, 1.82) is 0 Å². The van der Waals surface area contributed by atoms with Crippen LogP contribution in [0.3, 0.4) is 0 Å². The minimum Gasteiger partial charge on any atom is -0.339 e. The molecule has 0 radical (unpaired) electrons. The Labute approximate surface area is 154 Å². The summed E-state index contributed by atoms with van der Waals surface area (Å²) in [5, 5.41) is 0. The third-order valence-electron chi connectivity index (χ3n) is 4.23. The largest absolute Gasteiger partial charge is 0.416 e. The summed E-state index contributed by atoms with van der Waals surface area (Å²) in [5.41, 5.74) is -0.939. The molecule has 1 aliphatic rings. The summed E-state index contributed by atoms with van der Waals surface area (Å²) >= 11 is 0. The maximum absolute atomic E-state index is 12.8. The highest BCUT2D eigenvalue weighted by molar-refractivity contribution is 7.92. The molecule has 1 N–H and O–H groups in total. The number of alkyl halides is 3. The topological polar surface area (TPSA) is 66.5 Å². The Morgan fingerprint density at radius 3 is 2.33 bits per heavy atom. The number of benzene rings is 2. The maximum Gasteiger partial charge on any atom is 0.416 e. The zero-order valence-corrected chi connectivity index (χ0v) is 15.0. The van der Waals surface area contributed by atoms with Crippen molar-refractivity contribution >= 4 is 21.6 Å². The quantitative estimate of drug-likeness (QED) is 0.853.